The number of fused-ring (bicyclic) bond motifs is 3. The van der Waals surface area contributed by atoms with Crippen molar-refractivity contribution in [2.24, 2.45) is 17.8 Å². The number of esters is 1. The SMILES string of the molecule is COC(=O)CN1C(=O)C2C(C3CC3)N3C(=O)CN(Cc4ccccn4)C(=O)[C@@]3(Cc3ccccc3)C2C1=O. The lowest BCUT2D eigenvalue weighted by Crippen LogP contribution is -2.71. The molecule has 10 nitrogen and oxygen atoms in total. The minimum absolute atomic E-state index is 0.0223. The van der Waals surface area contributed by atoms with Gasteiger partial charge in [-0.05, 0) is 36.5 Å². The predicted octanol–water partition coefficient (Wildman–Crippen LogP) is 0.800. The molecule has 0 N–H and O–H groups in total. The number of carbonyl (C=O) groups excluding carboxylic acids is 5. The number of hydrogen-bond acceptors (Lipinski definition) is 7. The highest BCUT2D eigenvalue weighted by Gasteiger charge is 2.76. The van der Waals surface area contributed by atoms with Gasteiger partial charge < -0.3 is 14.5 Å². The molecule has 4 fully saturated rings. The van der Waals surface area contributed by atoms with E-state index in [2.05, 4.69) is 4.98 Å². The van der Waals surface area contributed by atoms with Gasteiger partial charge in [0.1, 0.15) is 18.6 Å². The summed E-state index contributed by atoms with van der Waals surface area (Å²) in [7, 11) is 1.19. The van der Waals surface area contributed by atoms with Gasteiger partial charge in [0.25, 0.3) is 5.91 Å². The van der Waals surface area contributed by atoms with Gasteiger partial charge in [0.15, 0.2) is 0 Å². The molecular weight excluding hydrogens is 488 g/mol. The van der Waals surface area contributed by atoms with Crippen molar-refractivity contribution in [2.45, 2.75) is 37.4 Å². The van der Waals surface area contributed by atoms with E-state index in [0.717, 1.165) is 23.3 Å². The average molecular weight is 517 g/mol. The molecule has 196 valence electrons. The van der Waals surface area contributed by atoms with E-state index in [1.54, 1.807) is 23.2 Å². The van der Waals surface area contributed by atoms with Gasteiger partial charge in [0.2, 0.25) is 17.7 Å². The van der Waals surface area contributed by atoms with Crippen molar-refractivity contribution >= 4 is 29.6 Å². The molecule has 0 spiro atoms. The summed E-state index contributed by atoms with van der Waals surface area (Å²) in [5, 5.41) is 0. The van der Waals surface area contributed by atoms with E-state index in [4.69, 9.17) is 4.74 Å². The molecule has 4 amide bonds. The fraction of sp³-hybridized carbons (Fsp3) is 0.429. The number of piperazine rings is 1. The lowest BCUT2D eigenvalue weighted by atomic mass is 9.74. The number of likely N-dealkylation sites (tertiary alicyclic amines) is 1. The molecule has 1 aliphatic carbocycles. The second-order valence-corrected chi connectivity index (χ2v) is 10.5. The van der Waals surface area contributed by atoms with Crippen LogP contribution in [0, 0.1) is 17.8 Å². The molecular formula is C28H28N4O6. The second-order valence-electron chi connectivity index (χ2n) is 10.5. The van der Waals surface area contributed by atoms with Crippen LogP contribution in [0.4, 0.5) is 0 Å². The maximum absolute atomic E-state index is 14.6. The standard InChI is InChI=1S/C28H28N4O6/c1-38-21(34)16-31-25(35)22-23(26(31)36)28(13-17-7-3-2-4-8-17)27(37)30(14-19-9-5-6-12-29-19)15-20(33)32(28)24(22)18-10-11-18/h2-9,12,18,22-24H,10-11,13-16H2,1H3/t22?,23?,24?,28-/m1/s1. The third-order valence-corrected chi connectivity index (χ3v) is 8.32. The van der Waals surface area contributed by atoms with Crippen LogP contribution >= 0.6 is 0 Å². The molecule has 38 heavy (non-hydrogen) atoms. The van der Waals surface area contributed by atoms with Crippen LogP contribution in [-0.2, 0) is 41.7 Å². The Morgan fingerprint density at radius 1 is 1.03 bits per heavy atom. The largest absolute Gasteiger partial charge is 0.468 e. The second kappa shape index (κ2) is 9.04. The van der Waals surface area contributed by atoms with Crippen molar-refractivity contribution in [3.63, 3.8) is 0 Å². The maximum Gasteiger partial charge on any atom is 0.325 e. The summed E-state index contributed by atoms with van der Waals surface area (Å²) in [5.74, 6) is -4.43. The van der Waals surface area contributed by atoms with Crippen molar-refractivity contribution in [3.05, 3.63) is 66.0 Å². The van der Waals surface area contributed by atoms with Crippen molar-refractivity contribution in [1.29, 1.82) is 0 Å². The fourth-order valence-electron chi connectivity index (χ4n) is 6.67. The Hall–Kier alpha value is -4.08. The van der Waals surface area contributed by atoms with Crippen LogP contribution in [-0.4, -0.2) is 81.1 Å². The minimum atomic E-state index is -1.58. The van der Waals surface area contributed by atoms with Gasteiger partial charge in [-0.2, -0.15) is 0 Å². The van der Waals surface area contributed by atoms with Crippen molar-refractivity contribution in [1.82, 2.24) is 19.7 Å². The van der Waals surface area contributed by atoms with Crippen LogP contribution in [0.25, 0.3) is 0 Å². The Balaban J connectivity index is 1.49. The van der Waals surface area contributed by atoms with Crippen molar-refractivity contribution < 1.29 is 28.7 Å². The minimum Gasteiger partial charge on any atom is -0.468 e. The van der Waals surface area contributed by atoms with Gasteiger partial charge in [-0.3, -0.25) is 33.9 Å². The summed E-state index contributed by atoms with van der Waals surface area (Å²) in [4.78, 5) is 76.6. The Bertz CT molecular complexity index is 1310. The van der Waals surface area contributed by atoms with E-state index >= 15 is 0 Å². The fourth-order valence-corrected chi connectivity index (χ4v) is 6.67. The zero-order valence-corrected chi connectivity index (χ0v) is 21.0. The van der Waals surface area contributed by atoms with E-state index in [0.29, 0.717) is 5.69 Å². The molecule has 0 radical (unpaired) electrons. The van der Waals surface area contributed by atoms with E-state index in [1.165, 1.54) is 12.0 Å². The molecule has 2 aromatic rings. The van der Waals surface area contributed by atoms with E-state index < -0.39 is 47.7 Å². The maximum atomic E-state index is 14.6. The van der Waals surface area contributed by atoms with Gasteiger partial charge >= 0.3 is 5.97 Å². The van der Waals surface area contributed by atoms with Crippen LogP contribution in [0.3, 0.4) is 0 Å². The molecule has 1 saturated carbocycles. The number of amides is 4. The Morgan fingerprint density at radius 3 is 2.42 bits per heavy atom. The summed E-state index contributed by atoms with van der Waals surface area (Å²) in [6, 6.07) is 14.0. The molecule has 1 aromatic heterocycles. The van der Waals surface area contributed by atoms with Crippen molar-refractivity contribution in [2.75, 3.05) is 20.2 Å². The molecule has 4 heterocycles. The molecule has 3 unspecified atom stereocenters. The van der Waals surface area contributed by atoms with E-state index in [-0.39, 0.29) is 37.2 Å². The molecule has 3 aliphatic heterocycles. The number of ether oxygens (including phenoxy) is 1. The molecule has 1 aromatic carbocycles. The first kappa shape index (κ1) is 24.3. The number of benzene rings is 1. The number of imide groups is 1. The summed E-state index contributed by atoms with van der Waals surface area (Å²) < 4.78 is 4.73. The summed E-state index contributed by atoms with van der Waals surface area (Å²) in [6.45, 7) is -0.558. The number of pyridine rings is 1. The normalized spacial score (nSPS) is 28.6. The molecule has 3 saturated heterocycles. The van der Waals surface area contributed by atoms with Crippen LogP contribution in [0.1, 0.15) is 24.1 Å². The summed E-state index contributed by atoms with van der Waals surface area (Å²) in [6.07, 6.45) is 3.33. The number of carbonyl (C=O) groups is 5. The molecule has 4 aliphatic rings. The monoisotopic (exact) mass is 516 g/mol. The highest BCUT2D eigenvalue weighted by Crippen LogP contribution is 2.57. The number of aromatic nitrogens is 1. The summed E-state index contributed by atoms with van der Waals surface area (Å²) in [5.41, 5.74) is -0.187. The van der Waals surface area contributed by atoms with Gasteiger partial charge in [-0.1, -0.05) is 36.4 Å². The zero-order chi connectivity index (χ0) is 26.6. The topological polar surface area (TPSA) is 117 Å². The predicted molar refractivity (Wildman–Crippen MR) is 132 cm³/mol. The van der Waals surface area contributed by atoms with Gasteiger partial charge in [0.05, 0.1) is 31.2 Å². The smallest absolute Gasteiger partial charge is 0.325 e. The number of nitrogens with zero attached hydrogens (tertiary/aromatic N) is 4. The molecule has 10 heteroatoms. The van der Waals surface area contributed by atoms with E-state index in [1.807, 2.05) is 36.4 Å². The lowest BCUT2D eigenvalue weighted by Gasteiger charge is -2.49. The van der Waals surface area contributed by atoms with Crippen LogP contribution < -0.4 is 0 Å². The highest BCUT2D eigenvalue weighted by molar-refractivity contribution is 6.14. The van der Waals surface area contributed by atoms with Gasteiger partial charge in [0, 0.05) is 18.7 Å². The average Bonchev–Trinajstić information content (AvgIpc) is 3.68. The highest BCUT2D eigenvalue weighted by atomic mass is 16.5. The quantitative estimate of drug-likeness (QED) is 0.395. The molecule has 0 bridgehead atoms. The molecule has 4 atom stereocenters. The Labute approximate surface area is 219 Å². The van der Waals surface area contributed by atoms with Crippen LogP contribution in [0.2, 0.25) is 0 Å². The van der Waals surface area contributed by atoms with E-state index in [9.17, 15) is 24.0 Å². The first-order valence-electron chi connectivity index (χ1n) is 12.8. The number of methoxy groups -OCH3 is 1. The third kappa shape index (κ3) is 3.61. The summed E-state index contributed by atoms with van der Waals surface area (Å²) >= 11 is 0. The number of rotatable bonds is 7. The van der Waals surface area contributed by atoms with Crippen LogP contribution in [0.5, 0.6) is 0 Å². The Kier molecular flexibility index (Phi) is 5.77. The van der Waals surface area contributed by atoms with Gasteiger partial charge in [-0.25, -0.2) is 0 Å². The van der Waals surface area contributed by atoms with Crippen LogP contribution in [0.15, 0.2) is 54.7 Å². The van der Waals surface area contributed by atoms with Gasteiger partial charge in [-0.15, -0.1) is 0 Å². The van der Waals surface area contributed by atoms with Crippen molar-refractivity contribution in [3.8, 4) is 0 Å². The third-order valence-electron chi connectivity index (χ3n) is 8.32. The first-order valence-corrected chi connectivity index (χ1v) is 12.8. The Morgan fingerprint density at radius 2 is 1.76 bits per heavy atom. The number of hydrogen-bond donors (Lipinski definition) is 0. The molecule has 6 rings (SSSR count). The zero-order valence-electron chi connectivity index (χ0n) is 21.0. The lowest BCUT2D eigenvalue weighted by molar-refractivity contribution is -0.170. The first-order chi connectivity index (χ1) is 18.4.